The van der Waals surface area contributed by atoms with Crippen LogP contribution in [0.4, 0.5) is 0 Å². The van der Waals surface area contributed by atoms with Gasteiger partial charge in [0, 0.05) is 17.2 Å². The van der Waals surface area contributed by atoms with Crippen molar-refractivity contribution in [1.82, 2.24) is 4.57 Å². The molecule has 72 valence electrons. The molecular formula is C9H13NO2S. The van der Waals surface area contributed by atoms with Gasteiger partial charge < -0.3 is 4.74 Å². The number of aryl methyl sites for hydroxylation is 1. The zero-order chi connectivity index (χ0) is 9.42. The van der Waals surface area contributed by atoms with Gasteiger partial charge in [-0.1, -0.05) is 11.3 Å². The van der Waals surface area contributed by atoms with Gasteiger partial charge in [0.25, 0.3) is 0 Å². The fraction of sp³-hybridized carbons (Fsp3) is 0.667. The lowest BCUT2D eigenvalue weighted by molar-refractivity contribution is 0.186. The van der Waals surface area contributed by atoms with Gasteiger partial charge in [0.1, 0.15) is 0 Å². The molecule has 0 spiro atoms. The molecule has 0 N–H and O–H groups in total. The van der Waals surface area contributed by atoms with E-state index in [0.717, 1.165) is 23.6 Å². The van der Waals surface area contributed by atoms with Crippen LogP contribution in [0, 0.1) is 13.8 Å². The van der Waals surface area contributed by atoms with Crippen LogP contribution in [-0.4, -0.2) is 17.8 Å². The molecule has 2 rings (SSSR count). The van der Waals surface area contributed by atoms with Crippen LogP contribution >= 0.6 is 11.3 Å². The van der Waals surface area contributed by atoms with Crippen molar-refractivity contribution in [2.24, 2.45) is 0 Å². The summed E-state index contributed by atoms with van der Waals surface area (Å²) in [5.41, 5.74) is 1.10. The summed E-state index contributed by atoms with van der Waals surface area (Å²) in [7, 11) is 0. The Hall–Kier alpha value is -0.610. The minimum Gasteiger partial charge on any atom is -0.379 e. The van der Waals surface area contributed by atoms with Crippen molar-refractivity contribution >= 4 is 11.3 Å². The lowest BCUT2D eigenvalue weighted by atomic mass is 10.2. The van der Waals surface area contributed by atoms with Gasteiger partial charge in [0.05, 0.1) is 12.6 Å². The first-order chi connectivity index (χ1) is 6.20. The lowest BCUT2D eigenvalue weighted by Crippen LogP contribution is -2.21. The van der Waals surface area contributed by atoms with Crippen LogP contribution in [0.2, 0.25) is 0 Å². The van der Waals surface area contributed by atoms with Crippen molar-refractivity contribution in [2.45, 2.75) is 26.3 Å². The summed E-state index contributed by atoms with van der Waals surface area (Å²) >= 11 is 1.33. The summed E-state index contributed by atoms with van der Waals surface area (Å²) in [5.74, 6) is 0. The molecule has 0 saturated carbocycles. The molecule has 1 saturated heterocycles. The maximum Gasteiger partial charge on any atom is 0.307 e. The van der Waals surface area contributed by atoms with Gasteiger partial charge in [0.2, 0.25) is 0 Å². The van der Waals surface area contributed by atoms with E-state index in [-0.39, 0.29) is 10.9 Å². The number of nitrogens with zero attached hydrogens (tertiary/aromatic N) is 1. The minimum absolute atomic E-state index is 0.158. The van der Waals surface area contributed by atoms with Crippen LogP contribution in [0.15, 0.2) is 4.79 Å². The number of rotatable bonds is 1. The second-order valence-corrected chi connectivity index (χ2v) is 4.56. The molecule has 1 aliphatic heterocycles. The lowest BCUT2D eigenvalue weighted by Gasteiger charge is -2.10. The fourth-order valence-electron chi connectivity index (χ4n) is 1.71. The fourth-order valence-corrected chi connectivity index (χ4v) is 2.60. The first kappa shape index (κ1) is 8.97. The molecule has 2 heterocycles. The summed E-state index contributed by atoms with van der Waals surface area (Å²) in [6, 6.07) is 0.275. The van der Waals surface area contributed by atoms with Crippen molar-refractivity contribution in [3.63, 3.8) is 0 Å². The monoisotopic (exact) mass is 199 g/mol. The molecule has 13 heavy (non-hydrogen) atoms. The predicted molar refractivity (Wildman–Crippen MR) is 52.5 cm³/mol. The number of ether oxygens (including phenoxy) is 1. The van der Waals surface area contributed by atoms with Gasteiger partial charge in [-0.05, 0) is 20.3 Å². The van der Waals surface area contributed by atoms with Crippen LogP contribution in [0.3, 0.4) is 0 Å². The topological polar surface area (TPSA) is 31.2 Å². The van der Waals surface area contributed by atoms with Crippen LogP contribution in [0.1, 0.15) is 23.0 Å². The molecule has 0 amide bonds. The van der Waals surface area contributed by atoms with Crippen LogP contribution in [-0.2, 0) is 4.74 Å². The predicted octanol–water partition coefficient (Wildman–Crippen LogP) is 1.49. The molecule has 1 fully saturated rings. The summed E-state index contributed by atoms with van der Waals surface area (Å²) in [6.07, 6.45) is 0.969. The molecule has 1 atom stereocenters. The van der Waals surface area contributed by atoms with Crippen molar-refractivity contribution in [3.8, 4) is 0 Å². The number of aromatic nitrogens is 1. The van der Waals surface area contributed by atoms with Gasteiger partial charge in [-0.3, -0.25) is 9.36 Å². The van der Waals surface area contributed by atoms with Crippen molar-refractivity contribution in [2.75, 3.05) is 13.2 Å². The summed E-state index contributed by atoms with van der Waals surface area (Å²) in [6.45, 7) is 5.47. The summed E-state index contributed by atoms with van der Waals surface area (Å²) in [5, 5.41) is 0. The van der Waals surface area contributed by atoms with Gasteiger partial charge in [0.15, 0.2) is 0 Å². The summed E-state index contributed by atoms with van der Waals surface area (Å²) in [4.78, 5) is 12.9. The van der Waals surface area contributed by atoms with E-state index in [4.69, 9.17) is 4.74 Å². The molecule has 1 aromatic rings. The first-order valence-electron chi connectivity index (χ1n) is 4.46. The van der Waals surface area contributed by atoms with E-state index in [1.165, 1.54) is 11.3 Å². The van der Waals surface area contributed by atoms with Crippen molar-refractivity contribution < 1.29 is 4.74 Å². The highest BCUT2D eigenvalue weighted by Gasteiger charge is 2.21. The Morgan fingerprint density at radius 3 is 2.77 bits per heavy atom. The van der Waals surface area contributed by atoms with E-state index in [2.05, 4.69) is 0 Å². The highest BCUT2D eigenvalue weighted by Crippen LogP contribution is 2.21. The van der Waals surface area contributed by atoms with Gasteiger partial charge in [-0.25, -0.2) is 0 Å². The normalized spacial score (nSPS) is 22.5. The Bertz CT molecular complexity index is 360. The van der Waals surface area contributed by atoms with Gasteiger partial charge in [-0.2, -0.15) is 0 Å². The molecule has 1 aromatic heterocycles. The van der Waals surface area contributed by atoms with Crippen molar-refractivity contribution in [1.29, 1.82) is 0 Å². The quantitative estimate of drug-likeness (QED) is 0.686. The first-order valence-corrected chi connectivity index (χ1v) is 5.28. The molecular weight excluding hydrogens is 186 g/mol. The van der Waals surface area contributed by atoms with Crippen molar-refractivity contribution in [3.05, 3.63) is 20.2 Å². The second kappa shape index (κ2) is 3.27. The third-order valence-electron chi connectivity index (χ3n) is 2.58. The van der Waals surface area contributed by atoms with E-state index in [1.807, 2.05) is 18.4 Å². The Labute approximate surface area is 81.0 Å². The smallest absolute Gasteiger partial charge is 0.307 e. The highest BCUT2D eigenvalue weighted by molar-refractivity contribution is 7.09. The largest absolute Gasteiger partial charge is 0.379 e. The molecule has 0 aromatic carbocycles. The molecule has 0 bridgehead atoms. The average Bonchev–Trinajstić information content (AvgIpc) is 2.63. The van der Waals surface area contributed by atoms with E-state index in [1.54, 1.807) is 0 Å². The maximum absolute atomic E-state index is 11.6. The number of hydrogen-bond acceptors (Lipinski definition) is 3. The Balaban J connectivity index is 2.43. The Morgan fingerprint density at radius 1 is 1.54 bits per heavy atom. The zero-order valence-electron chi connectivity index (χ0n) is 7.87. The van der Waals surface area contributed by atoms with E-state index in [0.29, 0.717) is 6.61 Å². The molecule has 4 heteroatoms. The summed E-state index contributed by atoms with van der Waals surface area (Å²) < 4.78 is 7.16. The van der Waals surface area contributed by atoms with E-state index >= 15 is 0 Å². The third kappa shape index (κ3) is 1.44. The van der Waals surface area contributed by atoms with Crippen LogP contribution in [0.5, 0.6) is 0 Å². The average molecular weight is 199 g/mol. The van der Waals surface area contributed by atoms with E-state index in [9.17, 15) is 4.79 Å². The minimum atomic E-state index is 0.158. The van der Waals surface area contributed by atoms with Crippen LogP contribution in [0.25, 0.3) is 0 Å². The third-order valence-corrected chi connectivity index (χ3v) is 3.55. The maximum atomic E-state index is 11.6. The second-order valence-electron chi connectivity index (χ2n) is 3.40. The number of hydrogen-bond donors (Lipinski definition) is 0. The molecule has 0 aliphatic carbocycles. The van der Waals surface area contributed by atoms with Crippen LogP contribution < -0.4 is 4.87 Å². The molecule has 3 nitrogen and oxygen atoms in total. The number of thiazole rings is 1. The SMILES string of the molecule is Cc1sc(=O)n(C2CCOC2)c1C. The molecule has 1 aliphatic rings. The zero-order valence-corrected chi connectivity index (χ0v) is 8.69. The van der Waals surface area contributed by atoms with Gasteiger partial charge >= 0.3 is 4.87 Å². The van der Waals surface area contributed by atoms with E-state index < -0.39 is 0 Å². The molecule has 1 unspecified atom stereocenters. The van der Waals surface area contributed by atoms with Gasteiger partial charge in [-0.15, -0.1) is 0 Å². The Kier molecular flexibility index (Phi) is 2.26. The highest BCUT2D eigenvalue weighted by atomic mass is 32.1. The molecule has 0 radical (unpaired) electrons. The Morgan fingerprint density at radius 2 is 2.31 bits per heavy atom. The standard InChI is InChI=1S/C9H13NO2S/c1-6-7(2)13-9(11)10(6)8-3-4-12-5-8/h8H,3-5H2,1-2H3.